The van der Waals surface area contributed by atoms with Crippen molar-refractivity contribution < 1.29 is 9.90 Å². The van der Waals surface area contributed by atoms with E-state index in [4.69, 9.17) is 0 Å². The summed E-state index contributed by atoms with van der Waals surface area (Å²) < 4.78 is 0. The molecule has 3 atom stereocenters. The minimum atomic E-state index is -0.577. The molecule has 3 heteroatoms. The van der Waals surface area contributed by atoms with Crippen LogP contribution in [0.4, 0.5) is 0 Å². The van der Waals surface area contributed by atoms with Crippen molar-refractivity contribution >= 4 is 5.97 Å². The monoisotopic (exact) mass is 265 g/mol. The molecule has 3 aliphatic rings. The van der Waals surface area contributed by atoms with Crippen LogP contribution in [0, 0.1) is 17.3 Å². The van der Waals surface area contributed by atoms with Crippen molar-refractivity contribution in [3.05, 3.63) is 0 Å². The van der Waals surface area contributed by atoms with Gasteiger partial charge >= 0.3 is 5.97 Å². The highest BCUT2D eigenvalue weighted by Gasteiger charge is 2.46. The molecule has 1 aliphatic heterocycles. The fourth-order valence-corrected chi connectivity index (χ4v) is 4.36. The van der Waals surface area contributed by atoms with E-state index >= 15 is 0 Å². The molecule has 19 heavy (non-hydrogen) atoms. The van der Waals surface area contributed by atoms with E-state index < -0.39 is 11.4 Å². The molecule has 0 aromatic carbocycles. The molecule has 0 amide bonds. The molecule has 3 unspecified atom stereocenters. The number of carbonyl (C=O) groups is 1. The summed E-state index contributed by atoms with van der Waals surface area (Å²) in [6.07, 6.45) is 9.94. The second-order valence-electron chi connectivity index (χ2n) is 7.08. The van der Waals surface area contributed by atoms with Gasteiger partial charge in [0.15, 0.2) is 0 Å². The van der Waals surface area contributed by atoms with E-state index in [1.165, 1.54) is 38.5 Å². The van der Waals surface area contributed by atoms with Crippen molar-refractivity contribution in [3.63, 3.8) is 0 Å². The summed E-state index contributed by atoms with van der Waals surface area (Å²) in [5.74, 6) is 1.38. The van der Waals surface area contributed by atoms with Gasteiger partial charge in [-0.25, -0.2) is 0 Å². The van der Waals surface area contributed by atoms with Gasteiger partial charge in [-0.05, 0) is 56.9 Å². The van der Waals surface area contributed by atoms with Gasteiger partial charge in [-0.1, -0.05) is 19.8 Å². The third-order valence-electron chi connectivity index (χ3n) is 6.01. The van der Waals surface area contributed by atoms with E-state index in [0.29, 0.717) is 6.04 Å². The van der Waals surface area contributed by atoms with Gasteiger partial charge in [0.2, 0.25) is 0 Å². The maximum absolute atomic E-state index is 11.5. The molecule has 0 radical (unpaired) electrons. The summed E-state index contributed by atoms with van der Waals surface area (Å²) in [4.78, 5) is 14.0. The standard InChI is InChI=1S/C16H27NO2/c1-2-16(15(18)19)8-9-17(11-16)14-5-3-4-13(10-14)12-6-7-12/h12-14H,2-11H2,1H3,(H,18,19). The summed E-state index contributed by atoms with van der Waals surface area (Å²) >= 11 is 0. The minimum absolute atomic E-state index is 0.452. The smallest absolute Gasteiger partial charge is 0.310 e. The summed E-state index contributed by atoms with van der Waals surface area (Å²) in [7, 11) is 0. The van der Waals surface area contributed by atoms with E-state index in [2.05, 4.69) is 4.90 Å². The number of nitrogens with zero attached hydrogens (tertiary/aromatic N) is 1. The van der Waals surface area contributed by atoms with Gasteiger partial charge < -0.3 is 5.11 Å². The lowest BCUT2D eigenvalue weighted by molar-refractivity contribution is -0.148. The summed E-state index contributed by atoms with van der Waals surface area (Å²) in [6.45, 7) is 3.83. The van der Waals surface area contributed by atoms with Crippen LogP contribution in [0.25, 0.3) is 0 Å². The summed E-state index contributed by atoms with van der Waals surface area (Å²) in [5, 5.41) is 9.50. The molecule has 2 aliphatic carbocycles. The first-order valence-corrected chi connectivity index (χ1v) is 8.12. The van der Waals surface area contributed by atoms with Gasteiger partial charge in [-0.3, -0.25) is 9.69 Å². The normalized spacial score (nSPS) is 40.5. The second kappa shape index (κ2) is 5.08. The molecule has 1 heterocycles. The Morgan fingerprint density at radius 3 is 2.63 bits per heavy atom. The molecule has 1 N–H and O–H groups in total. The molecule has 0 spiro atoms. The molecule has 0 bridgehead atoms. The summed E-state index contributed by atoms with van der Waals surface area (Å²) in [5.41, 5.74) is -0.452. The summed E-state index contributed by atoms with van der Waals surface area (Å²) in [6, 6.07) is 0.673. The zero-order valence-electron chi connectivity index (χ0n) is 12.1. The number of hydrogen-bond donors (Lipinski definition) is 1. The Labute approximate surface area is 116 Å². The predicted molar refractivity (Wildman–Crippen MR) is 75.0 cm³/mol. The molecule has 0 aromatic rings. The number of carboxylic acids is 1. The van der Waals surface area contributed by atoms with Crippen LogP contribution in [-0.4, -0.2) is 35.1 Å². The van der Waals surface area contributed by atoms with E-state index in [-0.39, 0.29) is 0 Å². The molecule has 2 saturated carbocycles. The molecule has 3 rings (SSSR count). The van der Waals surface area contributed by atoms with Gasteiger partial charge in [0.05, 0.1) is 5.41 Å². The Balaban J connectivity index is 1.62. The average molecular weight is 265 g/mol. The maximum Gasteiger partial charge on any atom is 0.310 e. The maximum atomic E-state index is 11.5. The highest BCUT2D eigenvalue weighted by Crippen LogP contribution is 2.46. The molecule has 3 nitrogen and oxygen atoms in total. The first-order valence-electron chi connectivity index (χ1n) is 8.12. The lowest BCUT2D eigenvalue weighted by Crippen LogP contribution is -2.41. The van der Waals surface area contributed by atoms with Crippen LogP contribution in [0.2, 0.25) is 0 Å². The van der Waals surface area contributed by atoms with E-state index in [1.54, 1.807) is 0 Å². The quantitative estimate of drug-likeness (QED) is 0.849. The lowest BCUT2D eigenvalue weighted by atomic mass is 9.81. The predicted octanol–water partition coefficient (Wildman–Crippen LogP) is 3.14. The second-order valence-corrected chi connectivity index (χ2v) is 7.08. The van der Waals surface area contributed by atoms with Crippen molar-refractivity contribution in [2.24, 2.45) is 17.3 Å². The molecule has 0 aromatic heterocycles. The Kier molecular flexibility index (Phi) is 3.59. The van der Waals surface area contributed by atoms with E-state index in [1.807, 2.05) is 6.92 Å². The van der Waals surface area contributed by atoms with Crippen molar-refractivity contribution in [3.8, 4) is 0 Å². The van der Waals surface area contributed by atoms with Crippen LogP contribution >= 0.6 is 0 Å². The minimum Gasteiger partial charge on any atom is -0.481 e. The van der Waals surface area contributed by atoms with Gasteiger partial charge in [0, 0.05) is 12.6 Å². The number of aliphatic carboxylic acids is 1. The largest absolute Gasteiger partial charge is 0.481 e. The van der Waals surface area contributed by atoms with Gasteiger partial charge in [0.1, 0.15) is 0 Å². The van der Waals surface area contributed by atoms with Gasteiger partial charge in [0.25, 0.3) is 0 Å². The van der Waals surface area contributed by atoms with Crippen molar-refractivity contribution in [1.82, 2.24) is 4.90 Å². The fourth-order valence-electron chi connectivity index (χ4n) is 4.36. The van der Waals surface area contributed by atoms with Gasteiger partial charge in [-0.15, -0.1) is 0 Å². The molecule has 108 valence electrons. The lowest BCUT2D eigenvalue weighted by Gasteiger charge is -2.36. The fraction of sp³-hybridized carbons (Fsp3) is 0.938. The van der Waals surface area contributed by atoms with E-state index in [0.717, 1.165) is 37.8 Å². The Morgan fingerprint density at radius 1 is 1.26 bits per heavy atom. The first-order chi connectivity index (χ1) is 9.14. The Bertz CT molecular complexity index is 353. The van der Waals surface area contributed by atoms with Crippen molar-refractivity contribution in [2.75, 3.05) is 13.1 Å². The Morgan fingerprint density at radius 2 is 2.05 bits per heavy atom. The number of hydrogen-bond acceptors (Lipinski definition) is 2. The van der Waals surface area contributed by atoms with Crippen LogP contribution in [0.5, 0.6) is 0 Å². The van der Waals surface area contributed by atoms with Crippen LogP contribution < -0.4 is 0 Å². The third-order valence-corrected chi connectivity index (χ3v) is 6.01. The van der Waals surface area contributed by atoms with Crippen molar-refractivity contribution in [1.29, 1.82) is 0 Å². The SMILES string of the molecule is CCC1(C(=O)O)CCN(C2CCCC(C3CC3)C2)C1. The zero-order valence-corrected chi connectivity index (χ0v) is 12.1. The van der Waals surface area contributed by atoms with Crippen LogP contribution in [0.3, 0.4) is 0 Å². The molecule has 3 fully saturated rings. The van der Waals surface area contributed by atoms with Crippen LogP contribution in [0.1, 0.15) is 58.3 Å². The molecular weight excluding hydrogens is 238 g/mol. The highest BCUT2D eigenvalue weighted by atomic mass is 16.4. The van der Waals surface area contributed by atoms with E-state index in [9.17, 15) is 9.90 Å². The molecule has 1 saturated heterocycles. The zero-order chi connectivity index (χ0) is 13.5. The Hall–Kier alpha value is -0.570. The average Bonchev–Trinajstić information content (AvgIpc) is 3.18. The van der Waals surface area contributed by atoms with Crippen molar-refractivity contribution in [2.45, 2.75) is 64.3 Å². The third kappa shape index (κ3) is 2.54. The molecular formula is C16H27NO2. The van der Waals surface area contributed by atoms with Gasteiger partial charge in [-0.2, -0.15) is 0 Å². The number of likely N-dealkylation sites (tertiary alicyclic amines) is 1. The van der Waals surface area contributed by atoms with Crippen LogP contribution in [0.15, 0.2) is 0 Å². The number of rotatable bonds is 4. The van der Waals surface area contributed by atoms with Crippen LogP contribution in [-0.2, 0) is 4.79 Å². The number of carboxylic acid groups (broad SMARTS) is 1. The highest BCUT2D eigenvalue weighted by molar-refractivity contribution is 5.75. The topological polar surface area (TPSA) is 40.5 Å². The first kappa shape index (κ1) is 13.4.